The summed E-state index contributed by atoms with van der Waals surface area (Å²) >= 11 is 15.3. The van der Waals surface area contributed by atoms with Gasteiger partial charge in [0.1, 0.15) is 11.5 Å². The lowest BCUT2D eigenvalue weighted by Gasteiger charge is -2.11. The van der Waals surface area contributed by atoms with E-state index in [1.54, 1.807) is 43.3 Å². The molecule has 0 fully saturated rings. The molecule has 0 bridgehead atoms. The smallest absolute Gasteiger partial charge is 0.147 e. The lowest BCUT2D eigenvalue weighted by atomic mass is 10.1. The number of rotatable bonds is 3. The molecule has 1 atom stereocenters. The summed E-state index contributed by atoms with van der Waals surface area (Å²) in [7, 11) is 0. The van der Waals surface area contributed by atoms with Crippen molar-refractivity contribution < 1.29 is 9.84 Å². The second kappa shape index (κ2) is 6.14. The van der Waals surface area contributed by atoms with Crippen LogP contribution in [-0.2, 0) is 0 Å². The molecule has 1 unspecified atom stereocenters. The van der Waals surface area contributed by atoms with E-state index in [1.807, 2.05) is 0 Å². The van der Waals surface area contributed by atoms with Gasteiger partial charge in [0, 0.05) is 15.6 Å². The maximum Gasteiger partial charge on any atom is 0.147 e. The summed E-state index contributed by atoms with van der Waals surface area (Å²) in [5, 5.41) is 10.6. The van der Waals surface area contributed by atoms with E-state index in [2.05, 4.69) is 15.9 Å². The van der Waals surface area contributed by atoms with Gasteiger partial charge in [0.25, 0.3) is 0 Å². The van der Waals surface area contributed by atoms with Crippen LogP contribution in [0.3, 0.4) is 0 Å². The molecule has 0 heterocycles. The van der Waals surface area contributed by atoms with Crippen LogP contribution in [0.5, 0.6) is 11.5 Å². The predicted octanol–water partition coefficient (Wildman–Crippen LogP) is 5.60. The van der Waals surface area contributed by atoms with Crippen LogP contribution >= 0.6 is 39.1 Å². The van der Waals surface area contributed by atoms with Crippen LogP contribution in [0.15, 0.2) is 40.9 Å². The average molecular weight is 362 g/mol. The lowest BCUT2D eigenvalue weighted by Crippen LogP contribution is -1.93. The Morgan fingerprint density at radius 1 is 1.16 bits per heavy atom. The van der Waals surface area contributed by atoms with Crippen molar-refractivity contribution in [3.05, 3.63) is 56.5 Å². The van der Waals surface area contributed by atoms with Crippen molar-refractivity contribution in [2.24, 2.45) is 0 Å². The fourth-order valence-corrected chi connectivity index (χ4v) is 2.60. The summed E-state index contributed by atoms with van der Waals surface area (Å²) in [6.45, 7) is 1.70. The minimum absolute atomic E-state index is 0.486. The van der Waals surface area contributed by atoms with E-state index >= 15 is 0 Å². The number of ether oxygens (including phenoxy) is 1. The van der Waals surface area contributed by atoms with E-state index in [0.717, 1.165) is 10.0 Å². The summed E-state index contributed by atoms with van der Waals surface area (Å²) in [4.78, 5) is 0. The summed E-state index contributed by atoms with van der Waals surface area (Å²) in [6, 6.07) is 10.4. The molecule has 0 radical (unpaired) electrons. The molecule has 0 aliphatic rings. The van der Waals surface area contributed by atoms with Crippen molar-refractivity contribution in [3.8, 4) is 11.5 Å². The molecule has 19 heavy (non-hydrogen) atoms. The molecule has 0 saturated heterocycles. The first-order valence-corrected chi connectivity index (χ1v) is 7.12. The second-order valence-corrected chi connectivity index (χ2v) is 5.73. The van der Waals surface area contributed by atoms with E-state index < -0.39 is 6.10 Å². The Hall–Kier alpha value is -0.740. The number of halogens is 3. The number of aliphatic hydroxyl groups is 1. The van der Waals surface area contributed by atoms with Gasteiger partial charge in [-0.2, -0.15) is 0 Å². The van der Waals surface area contributed by atoms with Gasteiger partial charge < -0.3 is 9.84 Å². The molecule has 5 heteroatoms. The first-order valence-electron chi connectivity index (χ1n) is 5.58. The van der Waals surface area contributed by atoms with Gasteiger partial charge in [0.05, 0.1) is 11.1 Å². The SMILES string of the molecule is CC(O)c1ccc(Oc2cc(Cl)ccc2Cl)cc1Br. The molecule has 2 aromatic carbocycles. The average Bonchev–Trinajstić information content (AvgIpc) is 2.33. The largest absolute Gasteiger partial charge is 0.456 e. The van der Waals surface area contributed by atoms with Crippen LogP contribution in [-0.4, -0.2) is 5.11 Å². The van der Waals surface area contributed by atoms with Gasteiger partial charge in [-0.1, -0.05) is 45.2 Å². The van der Waals surface area contributed by atoms with E-state index in [-0.39, 0.29) is 0 Å². The van der Waals surface area contributed by atoms with Crippen molar-refractivity contribution in [2.45, 2.75) is 13.0 Å². The van der Waals surface area contributed by atoms with Crippen molar-refractivity contribution in [3.63, 3.8) is 0 Å². The molecule has 2 nitrogen and oxygen atoms in total. The molecule has 0 spiro atoms. The molecule has 0 aliphatic heterocycles. The highest BCUT2D eigenvalue weighted by Crippen LogP contribution is 2.34. The molecule has 0 aliphatic carbocycles. The summed E-state index contributed by atoms with van der Waals surface area (Å²) in [5.41, 5.74) is 0.796. The Morgan fingerprint density at radius 3 is 2.53 bits per heavy atom. The Balaban J connectivity index is 2.29. The highest BCUT2D eigenvalue weighted by molar-refractivity contribution is 9.10. The highest BCUT2D eigenvalue weighted by atomic mass is 79.9. The Morgan fingerprint density at radius 2 is 1.89 bits per heavy atom. The minimum Gasteiger partial charge on any atom is -0.456 e. The van der Waals surface area contributed by atoms with Crippen molar-refractivity contribution in [1.29, 1.82) is 0 Å². The van der Waals surface area contributed by atoms with Crippen LogP contribution in [0.25, 0.3) is 0 Å². The maximum absolute atomic E-state index is 9.56. The first kappa shape index (κ1) is 14.7. The van der Waals surface area contributed by atoms with Gasteiger partial charge in [-0.3, -0.25) is 0 Å². The van der Waals surface area contributed by atoms with Crippen LogP contribution in [0.1, 0.15) is 18.6 Å². The molecular weight excluding hydrogens is 351 g/mol. The number of hydrogen-bond donors (Lipinski definition) is 1. The fraction of sp³-hybridized carbons (Fsp3) is 0.143. The Bertz CT molecular complexity index is 600. The zero-order chi connectivity index (χ0) is 14.0. The predicted molar refractivity (Wildman–Crippen MR) is 81.3 cm³/mol. The second-order valence-electron chi connectivity index (χ2n) is 4.04. The van der Waals surface area contributed by atoms with Crippen LogP contribution in [0.2, 0.25) is 10.0 Å². The molecule has 2 aromatic rings. The van der Waals surface area contributed by atoms with E-state index in [0.29, 0.717) is 21.5 Å². The quantitative estimate of drug-likeness (QED) is 0.770. The van der Waals surface area contributed by atoms with Crippen LogP contribution < -0.4 is 4.74 Å². The zero-order valence-electron chi connectivity index (χ0n) is 10.0. The number of hydrogen-bond acceptors (Lipinski definition) is 2. The van der Waals surface area contributed by atoms with Crippen molar-refractivity contribution in [2.75, 3.05) is 0 Å². The van der Waals surface area contributed by atoms with E-state index in [1.165, 1.54) is 0 Å². The third-order valence-corrected chi connectivity index (χ3v) is 3.78. The third kappa shape index (κ3) is 3.63. The number of aliphatic hydroxyl groups excluding tert-OH is 1. The van der Waals surface area contributed by atoms with Gasteiger partial charge in [0.15, 0.2) is 0 Å². The van der Waals surface area contributed by atoms with Gasteiger partial charge in [0.2, 0.25) is 0 Å². The highest BCUT2D eigenvalue weighted by Gasteiger charge is 2.09. The number of benzene rings is 2. The van der Waals surface area contributed by atoms with E-state index in [4.69, 9.17) is 27.9 Å². The van der Waals surface area contributed by atoms with E-state index in [9.17, 15) is 5.11 Å². The fourth-order valence-electron chi connectivity index (χ4n) is 1.59. The normalized spacial score (nSPS) is 12.3. The lowest BCUT2D eigenvalue weighted by molar-refractivity contribution is 0.198. The monoisotopic (exact) mass is 360 g/mol. The van der Waals surface area contributed by atoms with Gasteiger partial charge in [-0.05, 0) is 36.8 Å². The van der Waals surface area contributed by atoms with Gasteiger partial charge >= 0.3 is 0 Å². The maximum atomic E-state index is 9.56. The standard InChI is InChI=1S/C14H11BrCl2O2/c1-8(18)11-4-3-10(7-12(11)15)19-14-6-9(16)2-5-13(14)17/h2-8,18H,1H3. The first-order chi connectivity index (χ1) is 8.97. The van der Waals surface area contributed by atoms with Crippen LogP contribution in [0, 0.1) is 0 Å². The molecule has 2 rings (SSSR count). The molecular formula is C14H11BrCl2O2. The minimum atomic E-state index is -0.543. The summed E-state index contributed by atoms with van der Waals surface area (Å²) in [6.07, 6.45) is -0.543. The molecule has 0 amide bonds. The topological polar surface area (TPSA) is 29.5 Å². The Labute approximate surface area is 130 Å². The molecule has 1 N–H and O–H groups in total. The molecule has 0 saturated carbocycles. The zero-order valence-corrected chi connectivity index (χ0v) is 13.1. The van der Waals surface area contributed by atoms with Crippen molar-refractivity contribution in [1.82, 2.24) is 0 Å². The summed E-state index contributed by atoms with van der Waals surface area (Å²) < 4.78 is 6.45. The Kier molecular flexibility index (Phi) is 4.74. The van der Waals surface area contributed by atoms with Crippen molar-refractivity contribution >= 4 is 39.1 Å². The summed E-state index contributed by atoms with van der Waals surface area (Å²) in [5.74, 6) is 1.10. The van der Waals surface area contributed by atoms with Gasteiger partial charge in [-0.15, -0.1) is 0 Å². The third-order valence-electron chi connectivity index (χ3n) is 2.54. The molecule has 100 valence electrons. The van der Waals surface area contributed by atoms with Gasteiger partial charge in [-0.25, -0.2) is 0 Å². The van der Waals surface area contributed by atoms with Crippen LogP contribution in [0.4, 0.5) is 0 Å². The molecule has 0 aromatic heterocycles.